The molecule has 0 aliphatic heterocycles. The van der Waals surface area contributed by atoms with E-state index >= 15 is 0 Å². The predicted molar refractivity (Wildman–Crippen MR) is 99.2 cm³/mol. The van der Waals surface area contributed by atoms with Crippen LogP contribution in [0.25, 0.3) is 16.6 Å². The second-order valence-electron chi connectivity index (χ2n) is 5.63. The predicted octanol–water partition coefficient (Wildman–Crippen LogP) is 2.03. The molecule has 3 aromatic rings. The molecule has 0 bridgehead atoms. The summed E-state index contributed by atoms with van der Waals surface area (Å²) in [6.45, 7) is 7.65. The summed E-state index contributed by atoms with van der Waals surface area (Å²) in [6.07, 6.45) is 1.83. The van der Waals surface area contributed by atoms with Gasteiger partial charge in [0.1, 0.15) is 12.3 Å². The van der Waals surface area contributed by atoms with E-state index in [-0.39, 0.29) is 5.56 Å². The number of aromatic nitrogens is 2. The van der Waals surface area contributed by atoms with Gasteiger partial charge in [-0.15, -0.1) is 0 Å². The largest absolute Gasteiger partial charge is 0.494 e. The molecule has 0 saturated carbocycles. The summed E-state index contributed by atoms with van der Waals surface area (Å²) in [5, 5.41) is 2.68. The van der Waals surface area contributed by atoms with Crippen molar-refractivity contribution < 1.29 is 10.1 Å². The fourth-order valence-electron chi connectivity index (χ4n) is 2.77. The lowest BCUT2D eigenvalue weighted by molar-refractivity contribution is -0.663. The molecule has 0 spiro atoms. The van der Waals surface area contributed by atoms with Gasteiger partial charge in [-0.1, -0.05) is 18.7 Å². The topological polar surface area (TPSA) is 60.7 Å². The third kappa shape index (κ3) is 3.61. The Hall–Kier alpha value is -2.92. The number of ether oxygens (including phenoxy) is 1. The van der Waals surface area contributed by atoms with Crippen LogP contribution in [-0.2, 0) is 6.54 Å². The SMILES string of the molecule is C=CC[NH2+]Cc1nc2ccccc2c(=O)n1-c1ccc(OCC)cc1. The van der Waals surface area contributed by atoms with Crippen LogP contribution in [0.2, 0.25) is 0 Å². The minimum Gasteiger partial charge on any atom is -0.494 e. The molecule has 3 rings (SSSR count). The summed E-state index contributed by atoms with van der Waals surface area (Å²) in [6, 6.07) is 15.0. The van der Waals surface area contributed by atoms with E-state index in [2.05, 4.69) is 11.9 Å². The normalized spacial score (nSPS) is 10.8. The van der Waals surface area contributed by atoms with E-state index in [1.807, 2.05) is 61.5 Å². The van der Waals surface area contributed by atoms with Crippen LogP contribution in [0.1, 0.15) is 12.7 Å². The molecule has 1 heterocycles. The lowest BCUT2D eigenvalue weighted by atomic mass is 10.2. The zero-order chi connectivity index (χ0) is 17.6. The highest BCUT2D eigenvalue weighted by molar-refractivity contribution is 5.77. The van der Waals surface area contributed by atoms with E-state index in [1.54, 1.807) is 4.57 Å². The fourth-order valence-corrected chi connectivity index (χ4v) is 2.77. The van der Waals surface area contributed by atoms with Crippen molar-refractivity contribution in [1.82, 2.24) is 9.55 Å². The van der Waals surface area contributed by atoms with Gasteiger partial charge in [0.25, 0.3) is 5.56 Å². The molecule has 0 aliphatic rings. The molecule has 0 unspecified atom stereocenters. The van der Waals surface area contributed by atoms with Crippen molar-refractivity contribution in [2.24, 2.45) is 0 Å². The fraction of sp³-hybridized carbons (Fsp3) is 0.200. The summed E-state index contributed by atoms with van der Waals surface area (Å²) in [4.78, 5) is 17.8. The lowest BCUT2D eigenvalue weighted by Gasteiger charge is -2.13. The van der Waals surface area contributed by atoms with Gasteiger partial charge in [-0.05, 0) is 49.4 Å². The number of benzene rings is 2. The van der Waals surface area contributed by atoms with Gasteiger partial charge in [0.15, 0.2) is 5.82 Å². The second kappa shape index (κ2) is 7.77. The van der Waals surface area contributed by atoms with Crippen LogP contribution in [0.5, 0.6) is 5.75 Å². The monoisotopic (exact) mass is 336 g/mol. The maximum atomic E-state index is 13.1. The minimum atomic E-state index is -0.0586. The highest BCUT2D eigenvalue weighted by Gasteiger charge is 2.13. The van der Waals surface area contributed by atoms with Gasteiger partial charge < -0.3 is 10.1 Å². The van der Waals surface area contributed by atoms with Crippen LogP contribution in [0.15, 0.2) is 66.0 Å². The maximum absolute atomic E-state index is 13.1. The molecule has 0 atom stereocenters. The van der Waals surface area contributed by atoms with Crippen molar-refractivity contribution >= 4 is 10.9 Å². The van der Waals surface area contributed by atoms with Crippen molar-refractivity contribution in [3.05, 3.63) is 77.4 Å². The zero-order valence-corrected chi connectivity index (χ0v) is 14.3. The lowest BCUT2D eigenvalue weighted by Crippen LogP contribution is -2.82. The first kappa shape index (κ1) is 16.9. The molecule has 128 valence electrons. The number of nitrogens with two attached hydrogens (primary N) is 1. The van der Waals surface area contributed by atoms with Crippen molar-refractivity contribution in [1.29, 1.82) is 0 Å². The first-order valence-electron chi connectivity index (χ1n) is 8.41. The standard InChI is InChI=1S/C20H21N3O2/c1-3-13-21-14-19-22-18-8-6-5-7-17(18)20(24)23(19)15-9-11-16(12-10-15)25-4-2/h3,5-12,21H,1,4,13-14H2,2H3/p+1. The molecule has 0 amide bonds. The van der Waals surface area contributed by atoms with E-state index in [1.165, 1.54) is 0 Å². The van der Waals surface area contributed by atoms with E-state index in [0.29, 0.717) is 18.5 Å². The van der Waals surface area contributed by atoms with Crippen LogP contribution in [0.3, 0.4) is 0 Å². The Labute approximate surface area is 146 Å². The van der Waals surface area contributed by atoms with Crippen molar-refractivity contribution in [2.75, 3.05) is 13.2 Å². The number of fused-ring (bicyclic) bond motifs is 1. The molecule has 5 nitrogen and oxygen atoms in total. The average Bonchev–Trinajstić information content (AvgIpc) is 2.63. The molecule has 1 aromatic heterocycles. The number of hydrogen-bond donors (Lipinski definition) is 1. The van der Waals surface area contributed by atoms with Crippen LogP contribution < -0.4 is 15.6 Å². The summed E-state index contributed by atoms with van der Waals surface area (Å²) < 4.78 is 7.16. The maximum Gasteiger partial charge on any atom is 0.266 e. The van der Waals surface area contributed by atoms with Crippen LogP contribution in [0, 0.1) is 0 Å². The van der Waals surface area contributed by atoms with Crippen molar-refractivity contribution in [3.8, 4) is 11.4 Å². The molecular formula is C20H22N3O2+. The van der Waals surface area contributed by atoms with Gasteiger partial charge >= 0.3 is 0 Å². The highest BCUT2D eigenvalue weighted by Crippen LogP contribution is 2.17. The molecule has 2 aromatic carbocycles. The molecule has 0 aliphatic carbocycles. The number of para-hydroxylation sites is 1. The van der Waals surface area contributed by atoms with Gasteiger partial charge in [0.2, 0.25) is 0 Å². The van der Waals surface area contributed by atoms with Gasteiger partial charge in [-0.2, -0.15) is 0 Å². The molecule has 0 saturated heterocycles. The number of rotatable bonds is 7. The summed E-state index contributed by atoms with van der Waals surface area (Å²) in [7, 11) is 0. The van der Waals surface area contributed by atoms with Gasteiger partial charge in [0.05, 0.1) is 29.7 Å². The summed E-state index contributed by atoms with van der Waals surface area (Å²) >= 11 is 0. The van der Waals surface area contributed by atoms with E-state index in [4.69, 9.17) is 9.72 Å². The first-order valence-corrected chi connectivity index (χ1v) is 8.41. The Morgan fingerprint density at radius 1 is 1.20 bits per heavy atom. The van der Waals surface area contributed by atoms with Crippen molar-refractivity contribution in [3.63, 3.8) is 0 Å². The third-order valence-corrected chi connectivity index (χ3v) is 3.91. The molecule has 2 N–H and O–H groups in total. The smallest absolute Gasteiger partial charge is 0.266 e. The minimum absolute atomic E-state index is 0.0586. The highest BCUT2D eigenvalue weighted by atomic mass is 16.5. The van der Waals surface area contributed by atoms with E-state index in [0.717, 1.165) is 29.3 Å². The van der Waals surface area contributed by atoms with Crippen LogP contribution in [0.4, 0.5) is 0 Å². The first-order chi connectivity index (χ1) is 12.2. The van der Waals surface area contributed by atoms with E-state index < -0.39 is 0 Å². The van der Waals surface area contributed by atoms with Gasteiger partial charge in [0, 0.05) is 0 Å². The Kier molecular flexibility index (Phi) is 5.26. The van der Waals surface area contributed by atoms with Crippen LogP contribution >= 0.6 is 0 Å². The second-order valence-corrected chi connectivity index (χ2v) is 5.63. The van der Waals surface area contributed by atoms with Gasteiger partial charge in [-0.3, -0.25) is 9.36 Å². The molecule has 0 radical (unpaired) electrons. The number of hydrogen-bond acceptors (Lipinski definition) is 3. The number of quaternary nitrogens is 1. The Morgan fingerprint density at radius 2 is 1.96 bits per heavy atom. The summed E-state index contributed by atoms with van der Waals surface area (Å²) in [5.74, 6) is 1.50. The Balaban J connectivity index is 2.12. The van der Waals surface area contributed by atoms with Crippen LogP contribution in [-0.4, -0.2) is 22.7 Å². The molecule has 0 fully saturated rings. The van der Waals surface area contributed by atoms with E-state index in [9.17, 15) is 4.79 Å². The third-order valence-electron chi connectivity index (χ3n) is 3.91. The zero-order valence-electron chi connectivity index (χ0n) is 14.3. The van der Waals surface area contributed by atoms with Crippen molar-refractivity contribution in [2.45, 2.75) is 13.5 Å². The number of nitrogens with zero attached hydrogens (tertiary/aromatic N) is 2. The molecule has 25 heavy (non-hydrogen) atoms. The Bertz CT molecular complexity index is 930. The molecular weight excluding hydrogens is 314 g/mol. The average molecular weight is 336 g/mol. The quantitative estimate of drug-likeness (QED) is 0.530. The van der Waals surface area contributed by atoms with Gasteiger partial charge in [-0.25, -0.2) is 4.98 Å². The Morgan fingerprint density at radius 3 is 2.68 bits per heavy atom. The summed E-state index contributed by atoms with van der Waals surface area (Å²) in [5.41, 5.74) is 1.45. The molecule has 5 heteroatoms.